The van der Waals surface area contributed by atoms with Gasteiger partial charge in [-0.05, 0) is 30.3 Å². The molecule has 1 N–H and O–H groups in total. The SMILES string of the molecule is O=C(c1ccc(Br)cc1Cl)c1c[nH]c2cc(Br)ccc12. The van der Waals surface area contributed by atoms with Crippen LogP contribution in [0.25, 0.3) is 10.9 Å². The second-order valence-corrected chi connectivity index (χ2v) is 6.58. The van der Waals surface area contributed by atoms with E-state index in [-0.39, 0.29) is 5.78 Å². The van der Waals surface area contributed by atoms with Gasteiger partial charge in [0.15, 0.2) is 5.78 Å². The van der Waals surface area contributed by atoms with Crippen LogP contribution in [-0.2, 0) is 0 Å². The molecule has 100 valence electrons. The van der Waals surface area contributed by atoms with E-state index in [0.717, 1.165) is 19.8 Å². The van der Waals surface area contributed by atoms with Gasteiger partial charge in [0.1, 0.15) is 0 Å². The monoisotopic (exact) mass is 411 g/mol. The van der Waals surface area contributed by atoms with Crippen LogP contribution in [-0.4, -0.2) is 10.8 Å². The Kier molecular flexibility index (Phi) is 3.71. The maximum atomic E-state index is 12.6. The van der Waals surface area contributed by atoms with Crippen molar-refractivity contribution in [2.75, 3.05) is 0 Å². The van der Waals surface area contributed by atoms with E-state index >= 15 is 0 Å². The highest BCUT2D eigenvalue weighted by atomic mass is 79.9. The minimum absolute atomic E-state index is 0.0870. The molecule has 3 aromatic rings. The Bertz CT molecular complexity index is 826. The van der Waals surface area contributed by atoms with E-state index in [1.54, 1.807) is 18.3 Å². The molecule has 0 aliphatic carbocycles. The van der Waals surface area contributed by atoms with Crippen molar-refractivity contribution in [1.82, 2.24) is 4.98 Å². The summed E-state index contributed by atoms with van der Waals surface area (Å²) in [5.74, 6) is -0.0870. The fourth-order valence-corrected chi connectivity index (χ4v) is 3.23. The molecule has 0 unspecified atom stereocenters. The van der Waals surface area contributed by atoms with E-state index in [0.29, 0.717) is 16.1 Å². The number of carbonyl (C=O) groups excluding carboxylic acids is 1. The van der Waals surface area contributed by atoms with Gasteiger partial charge in [0.05, 0.1) is 5.02 Å². The largest absolute Gasteiger partial charge is 0.360 e. The van der Waals surface area contributed by atoms with E-state index in [1.165, 1.54) is 0 Å². The van der Waals surface area contributed by atoms with E-state index in [2.05, 4.69) is 36.8 Å². The highest BCUT2D eigenvalue weighted by Gasteiger charge is 2.17. The van der Waals surface area contributed by atoms with Gasteiger partial charge < -0.3 is 4.98 Å². The third kappa shape index (κ3) is 2.43. The quantitative estimate of drug-likeness (QED) is 0.547. The number of aromatic nitrogens is 1. The fraction of sp³-hybridized carbons (Fsp3) is 0. The molecule has 0 fully saturated rings. The third-order valence-corrected chi connectivity index (χ3v) is 4.36. The first kappa shape index (κ1) is 13.9. The second kappa shape index (κ2) is 5.35. The van der Waals surface area contributed by atoms with E-state index < -0.39 is 0 Å². The van der Waals surface area contributed by atoms with Gasteiger partial charge in [-0.1, -0.05) is 49.5 Å². The van der Waals surface area contributed by atoms with Crippen LogP contribution in [0.2, 0.25) is 5.02 Å². The minimum Gasteiger partial charge on any atom is -0.360 e. The molecule has 0 radical (unpaired) electrons. The Hall–Kier alpha value is -1.10. The molecule has 1 aromatic heterocycles. The summed E-state index contributed by atoms with van der Waals surface area (Å²) in [5.41, 5.74) is 2.03. The number of H-pyrrole nitrogens is 1. The molecule has 0 aliphatic rings. The molecule has 5 heteroatoms. The second-order valence-electron chi connectivity index (χ2n) is 4.35. The highest BCUT2D eigenvalue weighted by molar-refractivity contribution is 9.10. The number of nitrogens with one attached hydrogen (secondary N) is 1. The van der Waals surface area contributed by atoms with Crippen molar-refractivity contribution in [3.05, 3.63) is 67.7 Å². The number of aromatic amines is 1. The predicted molar refractivity (Wildman–Crippen MR) is 88.6 cm³/mol. The van der Waals surface area contributed by atoms with Gasteiger partial charge >= 0.3 is 0 Å². The maximum absolute atomic E-state index is 12.6. The van der Waals surface area contributed by atoms with Crippen LogP contribution in [0, 0.1) is 0 Å². The summed E-state index contributed by atoms with van der Waals surface area (Å²) in [7, 11) is 0. The third-order valence-electron chi connectivity index (χ3n) is 3.06. The molecule has 1 heterocycles. The van der Waals surface area contributed by atoms with Crippen molar-refractivity contribution in [2.24, 2.45) is 0 Å². The van der Waals surface area contributed by atoms with Crippen molar-refractivity contribution in [1.29, 1.82) is 0 Å². The number of carbonyl (C=O) groups is 1. The summed E-state index contributed by atoms with van der Waals surface area (Å²) < 4.78 is 1.81. The van der Waals surface area contributed by atoms with Crippen molar-refractivity contribution in [3.63, 3.8) is 0 Å². The van der Waals surface area contributed by atoms with Crippen molar-refractivity contribution < 1.29 is 4.79 Å². The first-order valence-electron chi connectivity index (χ1n) is 5.82. The zero-order valence-corrected chi connectivity index (χ0v) is 14.0. The molecule has 0 bridgehead atoms. The predicted octanol–water partition coefficient (Wildman–Crippen LogP) is 5.58. The van der Waals surface area contributed by atoms with Crippen LogP contribution in [0.15, 0.2) is 51.5 Å². The standard InChI is InChI=1S/C15H8Br2ClNO/c16-8-2-4-11(13(18)5-8)15(20)12-7-19-14-6-9(17)1-3-10(12)14/h1-7,19H. The van der Waals surface area contributed by atoms with Crippen LogP contribution >= 0.6 is 43.5 Å². The Labute approximate surface area is 137 Å². The van der Waals surface area contributed by atoms with Crippen molar-refractivity contribution in [3.8, 4) is 0 Å². The molecule has 2 aromatic carbocycles. The number of hydrogen-bond acceptors (Lipinski definition) is 1. The first-order chi connectivity index (χ1) is 9.56. The van der Waals surface area contributed by atoms with Gasteiger partial charge in [-0.25, -0.2) is 0 Å². The van der Waals surface area contributed by atoms with E-state index in [1.807, 2.05) is 24.3 Å². The Morgan fingerprint density at radius 3 is 2.45 bits per heavy atom. The summed E-state index contributed by atoms with van der Waals surface area (Å²) in [6.07, 6.45) is 1.72. The van der Waals surface area contributed by atoms with Gasteiger partial charge in [-0.3, -0.25) is 4.79 Å². The average Bonchev–Trinajstić information content (AvgIpc) is 2.80. The lowest BCUT2D eigenvalue weighted by atomic mass is 10.0. The topological polar surface area (TPSA) is 32.9 Å². The van der Waals surface area contributed by atoms with Gasteiger partial charge in [-0.15, -0.1) is 0 Å². The smallest absolute Gasteiger partial charge is 0.196 e. The molecule has 3 rings (SSSR count). The van der Waals surface area contributed by atoms with Gasteiger partial charge in [-0.2, -0.15) is 0 Å². The lowest BCUT2D eigenvalue weighted by Crippen LogP contribution is -2.01. The van der Waals surface area contributed by atoms with Crippen LogP contribution in [0.1, 0.15) is 15.9 Å². The number of fused-ring (bicyclic) bond motifs is 1. The number of ketones is 1. The zero-order valence-electron chi connectivity index (χ0n) is 10.1. The summed E-state index contributed by atoms with van der Waals surface area (Å²) in [6.45, 7) is 0. The lowest BCUT2D eigenvalue weighted by molar-refractivity contribution is 0.104. The molecule has 0 saturated heterocycles. The number of halogens is 3. The summed E-state index contributed by atoms with van der Waals surface area (Å²) in [6, 6.07) is 11.0. The maximum Gasteiger partial charge on any atom is 0.196 e. The van der Waals surface area contributed by atoms with Gasteiger partial charge in [0.2, 0.25) is 0 Å². The Morgan fingerprint density at radius 2 is 1.70 bits per heavy atom. The summed E-state index contributed by atoms with van der Waals surface area (Å²) >= 11 is 12.9. The zero-order chi connectivity index (χ0) is 14.3. The molecule has 0 spiro atoms. The van der Waals surface area contributed by atoms with Crippen LogP contribution < -0.4 is 0 Å². The summed E-state index contributed by atoms with van der Waals surface area (Å²) in [5, 5.41) is 1.33. The van der Waals surface area contributed by atoms with Crippen LogP contribution in [0.3, 0.4) is 0 Å². The molecule has 0 saturated carbocycles. The average molecular weight is 413 g/mol. The number of benzene rings is 2. The Morgan fingerprint density at radius 1 is 1.00 bits per heavy atom. The van der Waals surface area contributed by atoms with Crippen molar-refractivity contribution in [2.45, 2.75) is 0 Å². The lowest BCUT2D eigenvalue weighted by Gasteiger charge is -2.03. The molecule has 2 nitrogen and oxygen atoms in total. The van der Waals surface area contributed by atoms with Gasteiger partial charge in [0, 0.05) is 37.2 Å². The summed E-state index contributed by atoms with van der Waals surface area (Å²) in [4.78, 5) is 15.7. The van der Waals surface area contributed by atoms with E-state index in [9.17, 15) is 4.79 Å². The molecular formula is C15H8Br2ClNO. The van der Waals surface area contributed by atoms with Crippen molar-refractivity contribution >= 4 is 60.1 Å². The number of hydrogen-bond donors (Lipinski definition) is 1. The van der Waals surface area contributed by atoms with Gasteiger partial charge in [0.25, 0.3) is 0 Å². The number of rotatable bonds is 2. The van der Waals surface area contributed by atoms with Crippen LogP contribution in [0.4, 0.5) is 0 Å². The molecular weight excluding hydrogens is 405 g/mol. The fourth-order valence-electron chi connectivity index (χ4n) is 2.10. The molecule has 0 amide bonds. The Balaban J connectivity index is 2.13. The van der Waals surface area contributed by atoms with E-state index in [4.69, 9.17) is 11.6 Å². The molecule has 0 atom stereocenters. The molecule has 0 aliphatic heterocycles. The molecule has 20 heavy (non-hydrogen) atoms. The van der Waals surface area contributed by atoms with Crippen LogP contribution in [0.5, 0.6) is 0 Å². The highest BCUT2D eigenvalue weighted by Crippen LogP contribution is 2.28. The normalized spacial score (nSPS) is 10.9. The first-order valence-corrected chi connectivity index (χ1v) is 7.79. The minimum atomic E-state index is -0.0870.